The van der Waals surface area contributed by atoms with Gasteiger partial charge in [0, 0.05) is 66.9 Å². The number of likely N-dealkylation sites (N-methyl/N-ethyl adjacent to an activating group) is 1. The summed E-state index contributed by atoms with van der Waals surface area (Å²) in [5.74, 6) is 0.0240. The summed E-state index contributed by atoms with van der Waals surface area (Å²) in [5.41, 5.74) is 1.56. The minimum Gasteiger partial charge on any atom is -0.384 e. The van der Waals surface area contributed by atoms with Crippen molar-refractivity contribution >= 4 is 35.5 Å². The van der Waals surface area contributed by atoms with Crippen molar-refractivity contribution in [3.8, 4) is 12.1 Å². The Hall–Kier alpha value is -3.13. The third kappa shape index (κ3) is 16.0. The van der Waals surface area contributed by atoms with Gasteiger partial charge in [-0.1, -0.05) is 6.92 Å². The molecule has 232 valence electrons. The molecule has 1 aromatic carbocycles. The minimum atomic E-state index is -0.720. The number of hydrogen-bond donors (Lipinski definition) is 5. The Morgan fingerprint density at radius 1 is 1.20 bits per heavy atom. The molecule has 0 bridgehead atoms. The van der Waals surface area contributed by atoms with E-state index >= 15 is 0 Å². The van der Waals surface area contributed by atoms with E-state index in [9.17, 15) is 14.7 Å². The van der Waals surface area contributed by atoms with Crippen molar-refractivity contribution in [1.82, 2.24) is 20.4 Å². The minimum absolute atomic E-state index is 0. The largest absolute Gasteiger partial charge is 0.384 e. The van der Waals surface area contributed by atoms with Crippen molar-refractivity contribution in [1.29, 1.82) is 10.5 Å². The number of piperazine rings is 1. The first-order valence-corrected chi connectivity index (χ1v) is 14.8. The standard InChI is InChI=1S/C24H38N6O2S.C5H8N2O.3H2/c1-4-10-26-24(32)22(33-18-19(2)16-25)17-27-20-5-7-21(8-6-20)28-23(31)9-11-30-14-12-29(3)13-15-30;1-5(2,3-6)7-4-8;;;/h5-8,18,22,24,26-27,32H,4,9-15,17H2,1-3H3,(H,28,31);4H,1-2H3,(H,7,8);3*1H/b19-18+;;;;. The van der Waals surface area contributed by atoms with E-state index < -0.39 is 11.8 Å². The Kier molecular flexibility index (Phi) is 17.4. The van der Waals surface area contributed by atoms with Gasteiger partial charge >= 0.3 is 0 Å². The van der Waals surface area contributed by atoms with Crippen LogP contribution in [0.25, 0.3) is 0 Å². The number of rotatable bonds is 15. The van der Waals surface area contributed by atoms with E-state index in [0.717, 1.165) is 57.1 Å². The highest BCUT2D eigenvalue weighted by molar-refractivity contribution is 8.02. The normalized spacial score (nSPS) is 15.8. The average Bonchev–Trinajstić information content (AvgIpc) is 2.96. The van der Waals surface area contributed by atoms with Gasteiger partial charge in [-0.25, -0.2) is 0 Å². The Morgan fingerprint density at radius 3 is 2.37 bits per heavy atom. The molecule has 2 atom stereocenters. The molecule has 1 saturated heterocycles. The van der Waals surface area contributed by atoms with Crippen LogP contribution in [0.4, 0.5) is 11.4 Å². The van der Waals surface area contributed by atoms with Crippen LogP contribution in [0.5, 0.6) is 0 Å². The number of thioether (sulfide) groups is 1. The first kappa shape index (κ1) is 35.9. The Morgan fingerprint density at radius 2 is 1.83 bits per heavy atom. The SMILES string of the molecule is CC(C)(C#N)NC=O.CCCNC(O)C(CNc1ccc(NC(=O)CCN2CCN(C)CC2)cc1)S/C=C(\C)C#N.[HH].[HH].[HH]. The molecular formula is C29H52N8O3S. The molecule has 41 heavy (non-hydrogen) atoms. The van der Waals surface area contributed by atoms with E-state index in [1.165, 1.54) is 11.8 Å². The molecule has 0 aromatic heterocycles. The predicted octanol–water partition coefficient (Wildman–Crippen LogP) is 3.29. The van der Waals surface area contributed by atoms with Crippen LogP contribution in [-0.2, 0) is 9.59 Å². The molecule has 1 aromatic rings. The number of aliphatic hydroxyl groups excluding tert-OH is 1. The maximum absolute atomic E-state index is 12.3. The fourth-order valence-corrected chi connectivity index (χ4v) is 4.35. The number of nitrogens with one attached hydrogen (secondary N) is 4. The Labute approximate surface area is 253 Å². The van der Waals surface area contributed by atoms with Crippen molar-refractivity contribution in [2.45, 2.75) is 57.6 Å². The van der Waals surface area contributed by atoms with Gasteiger partial charge in [0.15, 0.2) is 0 Å². The average molecular weight is 593 g/mol. The quantitative estimate of drug-likeness (QED) is 0.116. The highest BCUT2D eigenvalue weighted by Gasteiger charge is 2.19. The lowest BCUT2D eigenvalue weighted by Gasteiger charge is -2.32. The fourth-order valence-electron chi connectivity index (χ4n) is 3.50. The van der Waals surface area contributed by atoms with Gasteiger partial charge in [-0.2, -0.15) is 10.5 Å². The monoisotopic (exact) mass is 592 g/mol. The van der Waals surface area contributed by atoms with Crippen LogP contribution in [-0.4, -0.2) is 97.1 Å². The highest BCUT2D eigenvalue weighted by atomic mass is 32.2. The molecule has 0 radical (unpaired) electrons. The summed E-state index contributed by atoms with van der Waals surface area (Å²) in [5, 5.41) is 41.1. The van der Waals surface area contributed by atoms with Crippen molar-refractivity contribution in [3.63, 3.8) is 0 Å². The number of hydrogen-bond acceptors (Lipinski definition) is 10. The summed E-state index contributed by atoms with van der Waals surface area (Å²) >= 11 is 1.44. The number of allylic oxidation sites excluding steroid dienone is 1. The number of nitrogens with zero attached hydrogens (tertiary/aromatic N) is 4. The van der Waals surface area contributed by atoms with Crippen LogP contribution in [0.3, 0.4) is 0 Å². The molecule has 2 amide bonds. The number of carbonyl (C=O) groups is 2. The van der Waals surface area contributed by atoms with Gasteiger partial charge in [0.2, 0.25) is 12.3 Å². The highest BCUT2D eigenvalue weighted by Crippen LogP contribution is 2.20. The van der Waals surface area contributed by atoms with Crippen LogP contribution in [0.1, 0.15) is 44.8 Å². The van der Waals surface area contributed by atoms with Gasteiger partial charge in [0.05, 0.1) is 17.4 Å². The van der Waals surface area contributed by atoms with Crippen LogP contribution in [0.15, 0.2) is 35.2 Å². The number of amides is 2. The number of carbonyl (C=O) groups excluding carboxylic acids is 2. The lowest BCUT2D eigenvalue weighted by molar-refractivity contribution is -0.116. The summed E-state index contributed by atoms with van der Waals surface area (Å²) in [6.45, 7) is 13.2. The van der Waals surface area contributed by atoms with E-state index in [2.05, 4.69) is 44.2 Å². The summed E-state index contributed by atoms with van der Waals surface area (Å²) in [6.07, 6.45) is 1.24. The molecule has 2 rings (SSSR count). The predicted molar refractivity (Wildman–Crippen MR) is 172 cm³/mol. The zero-order chi connectivity index (χ0) is 30.7. The molecule has 1 aliphatic heterocycles. The number of aliphatic hydroxyl groups is 1. The maximum atomic E-state index is 12.3. The van der Waals surface area contributed by atoms with E-state index in [4.69, 9.17) is 10.5 Å². The van der Waals surface area contributed by atoms with E-state index in [1.54, 1.807) is 26.2 Å². The second-order valence-electron chi connectivity index (χ2n) is 10.4. The Bertz CT molecular complexity index is 1040. The van der Waals surface area contributed by atoms with Gasteiger partial charge in [0.25, 0.3) is 0 Å². The molecule has 5 N–H and O–H groups in total. The molecule has 1 fully saturated rings. The van der Waals surface area contributed by atoms with Crippen molar-refractivity contribution < 1.29 is 19.0 Å². The summed E-state index contributed by atoms with van der Waals surface area (Å²) in [4.78, 5) is 26.7. The fraction of sp³-hybridized carbons (Fsp3) is 0.586. The Balaban J connectivity index is -0.00000135. The first-order chi connectivity index (χ1) is 19.5. The molecular weight excluding hydrogens is 540 g/mol. The second kappa shape index (κ2) is 19.9. The van der Waals surface area contributed by atoms with Gasteiger partial charge < -0.3 is 30.9 Å². The summed E-state index contributed by atoms with van der Waals surface area (Å²) in [6, 6.07) is 11.6. The van der Waals surface area contributed by atoms with Crippen molar-refractivity contribution in [2.24, 2.45) is 0 Å². The van der Waals surface area contributed by atoms with Crippen LogP contribution < -0.4 is 21.3 Å². The number of anilines is 2. The molecule has 1 aliphatic rings. The topological polar surface area (TPSA) is 157 Å². The van der Waals surface area contributed by atoms with Gasteiger partial charge in [-0.05, 0) is 70.5 Å². The van der Waals surface area contributed by atoms with Crippen molar-refractivity contribution in [2.75, 3.05) is 63.5 Å². The second-order valence-corrected chi connectivity index (χ2v) is 11.5. The zero-order valence-corrected chi connectivity index (χ0v) is 25.8. The maximum Gasteiger partial charge on any atom is 0.225 e. The smallest absolute Gasteiger partial charge is 0.225 e. The number of benzene rings is 1. The van der Waals surface area contributed by atoms with Crippen LogP contribution in [0, 0.1) is 22.7 Å². The van der Waals surface area contributed by atoms with Gasteiger partial charge in [-0.3, -0.25) is 14.9 Å². The zero-order valence-electron chi connectivity index (χ0n) is 24.9. The molecule has 11 nitrogen and oxygen atoms in total. The summed E-state index contributed by atoms with van der Waals surface area (Å²) < 4.78 is 0. The number of nitriles is 2. The molecule has 2 unspecified atom stereocenters. The summed E-state index contributed by atoms with van der Waals surface area (Å²) in [7, 11) is 2.12. The van der Waals surface area contributed by atoms with E-state index in [-0.39, 0.29) is 15.4 Å². The lowest BCUT2D eigenvalue weighted by atomic mass is 10.1. The van der Waals surface area contributed by atoms with Crippen molar-refractivity contribution in [3.05, 3.63) is 35.2 Å². The third-order valence-electron chi connectivity index (χ3n) is 6.18. The van der Waals surface area contributed by atoms with Gasteiger partial charge in [0.1, 0.15) is 11.8 Å². The lowest BCUT2D eigenvalue weighted by Crippen LogP contribution is -2.45. The molecule has 12 heteroatoms. The van der Waals surface area contributed by atoms with E-state index in [1.807, 2.05) is 37.3 Å². The molecule has 0 spiro atoms. The van der Waals surface area contributed by atoms with E-state index in [0.29, 0.717) is 24.9 Å². The molecule has 1 heterocycles. The van der Waals surface area contributed by atoms with Gasteiger partial charge in [-0.15, -0.1) is 11.8 Å². The molecule has 0 aliphatic carbocycles. The third-order valence-corrected chi connectivity index (χ3v) is 7.44. The first-order valence-electron chi connectivity index (χ1n) is 13.8. The molecule has 0 saturated carbocycles. The van der Waals surface area contributed by atoms with Crippen LogP contribution in [0.2, 0.25) is 0 Å². The van der Waals surface area contributed by atoms with Crippen LogP contribution >= 0.6 is 11.8 Å².